The number of carbonyl (C=O) groups is 1. The molecule has 0 fully saturated rings. The Morgan fingerprint density at radius 3 is 2.65 bits per heavy atom. The van der Waals surface area contributed by atoms with E-state index in [9.17, 15) is 9.18 Å². The predicted octanol–water partition coefficient (Wildman–Crippen LogP) is 4.45. The molecule has 0 aliphatic heterocycles. The first kappa shape index (κ1) is 12.9. The van der Waals surface area contributed by atoms with E-state index in [0.717, 1.165) is 17.2 Å². The maximum atomic E-state index is 14.1. The number of aldehydes is 1. The van der Waals surface area contributed by atoms with E-state index in [4.69, 9.17) is 11.6 Å². The van der Waals surface area contributed by atoms with Gasteiger partial charge in [0.15, 0.2) is 6.29 Å². The van der Waals surface area contributed by atoms with Crippen LogP contribution >= 0.6 is 11.6 Å². The summed E-state index contributed by atoms with van der Waals surface area (Å²) in [5.74, 6) is -0.358. The molecular formula is C16H11ClFNO. The van der Waals surface area contributed by atoms with Crippen molar-refractivity contribution < 1.29 is 9.18 Å². The van der Waals surface area contributed by atoms with Crippen LogP contribution in [-0.4, -0.2) is 10.9 Å². The number of fused-ring (bicyclic) bond motifs is 1. The molecule has 0 atom stereocenters. The lowest BCUT2D eigenvalue weighted by Crippen LogP contribution is -1.96. The second kappa shape index (κ2) is 4.76. The Kier molecular flexibility index (Phi) is 3.07. The lowest BCUT2D eigenvalue weighted by atomic mass is 10.0. The summed E-state index contributed by atoms with van der Waals surface area (Å²) in [7, 11) is 1.78. The van der Waals surface area contributed by atoms with Gasteiger partial charge < -0.3 is 4.57 Å². The normalized spacial score (nSPS) is 10.9. The highest BCUT2D eigenvalue weighted by Gasteiger charge is 2.18. The van der Waals surface area contributed by atoms with E-state index in [0.29, 0.717) is 21.8 Å². The summed E-state index contributed by atoms with van der Waals surface area (Å²) in [6.45, 7) is 0. The molecule has 0 aliphatic rings. The number of aromatic nitrogens is 1. The monoisotopic (exact) mass is 287 g/mol. The number of rotatable bonds is 2. The molecule has 20 heavy (non-hydrogen) atoms. The highest BCUT2D eigenvalue weighted by atomic mass is 35.5. The average molecular weight is 288 g/mol. The van der Waals surface area contributed by atoms with Crippen molar-refractivity contribution in [1.29, 1.82) is 0 Å². The van der Waals surface area contributed by atoms with Gasteiger partial charge in [-0.05, 0) is 24.3 Å². The number of aryl methyl sites for hydroxylation is 1. The molecule has 3 rings (SSSR count). The van der Waals surface area contributed by atoms with Crippen molar-refractivity contribution in [3.63, 3.8) is 0 Å². The molecule has 4 heteroatoms. The topological polar surface area (TPSA) is 22.0 Å². The molecule has 0 amide bonds. The third kappa shape index (κ3) is 1.82. The maximum absolute atomic E-state index is 14.1. The molecule has 0 radical (unpaired) electrons. The van der Waals surface area contributed by atoms with E-state index in [2.05, 4.69) is 0 Å². The summed E-state index contributed by atoms with van der Waals surface area (Å²) >= 11 is 6.03. The van der Waals surface area contributed by atoms with E-state index in [-0.39, 0.29) is 5.82 Å². The van der Waals surface area contributed by atoms with Crippen molar-refractivity contribution >= 4 is 28.8 Å². The molecule has 0 N–H and O–H groups in total. The van der Waals surface area contributed by atoms with Crippen LogP contribution in [-0.2, 0) is 7.05 Å². The Bertz CT molecular complexity index is 823. The number of benzene rings is 2. The van der Waals surface area contributed by atoms with E-state index in [1.165, 1.54) is 6.07 Å². The zero-order valence-electron chi connectivity index (χ0n) is 10.7. The Morgan fingerprint density at radius 1 is 1.20 bits per heavy atom. The molecule has 1 aromatic heterocycles. The van der Waals surface area contributed by atoms with E-state index < -0.39 is 0 Å². The number of nitrogens with zero attached hydrogens (tertiary/aromatic N) is 1. The van der Waals surface area contributed by atoms with Crippen molar-refractivity contribution in [2.24, 2.45) is 7.05 Å². The van der Waals surface area contributed by atoms with Crippen LogP contribution in [0.15, 0.2) is 42.5 Å². The van der Waals surface area contributed by atoms with Crippen LogP contribution in [0, 0.1) is 5.82 Å². The molecular weight excluding hydrogens is 277 g/mol. The molecule has 0 spiro atoms. The maximum Gasteiger partial charge on any atom is 0.167 e. The van der Waals surface area contributed by atoms with Crippen LogP contribution in [0.5, 0.6) is 0 Å². The summed E-state index contributed by atoms with van der Waals surface area (Å²) in [5, 5.41) is 1.32. The fourth-order valence-corrected chi connectivity index (χ4v) is 2.69. The van der Waals surface area contributed by atoms with Gasteiger partial charge in [-0.1, -0.05) is 29.8 Å². The first-order valence-electron chi connectivity index (χ1n) is 6.11. The van der Waals surface area contributed by atoms with E-state index in [1.54, 1.807) is 41.9 Å². The first-order chi connectivity index (χ1) is 9.63. The van der Waals surface area contributed by atoms with Gasteiger partial charge in [-0.2, -0.15) is 0 Å². The third-order valence-corrected chi connectivity index (χ3v) is 3.70. The molecule has 0 saturated heterocycles. The third-order valence-electron chi connectivity index (χ3n) is 3.46. The molecule has 100 valence electrons. The highest BCUT2D eigenvalue weighted by molar-refractivity contribution is 6.31. The molecule has 2 nitrogen and oxygen atoms in total. The van der Waals surface area contributed by atoms with Crippen LogP contribution in [0.25, 0.3) is 22.0 Å². The number of hydrogen-bond acceptors (Lipinski definition) is 1. The molecule has 0 unspecified atom stereocenters. The minimum atomic E-state index is -0.358. The summed E-state index contributed by atoms with van der Waals surface area (Å²) < 4.78 is 15.8. The minimum Gasteiger partial charge on any atom is -0.341 e. The Hall–Kier alpha value is -2.13. The summed E-state index contributed by atoms with van der Waals surface area (Å²) in [5.41, 5.74) is 2.27. The van der Waals surface area contributed by atoms with Gasteiger partial charge in [-0.15, -0.1) is 0 Å². The van der Waals surface area contributed by atoms with Gasteiger partial charge in [0.1, 0.15) is 5.82 Å². The fraction of sp³-hybridized carbons (Fsp3) is 0.0625. The molecule has 3 aromatic rings. The lowest BCUT2D eigenvalue weighted by Gasteiger charge is -2.03. The van der Waals surface area contributed by atoms with Crippen molar-refractivity contribution in [3.8, 4) is 11.1 Å². The fourth-order valence-electron chi connectivity index (χ4n) is 2.52. The quantitative estimate of drug-likeness (QED) is 0.638. The zero-order valence-corrected chi connectivity index (χ0v) is 11.5. The largest absolute Gasteiger partial charge is 0.341 e. The number of halogens is 2. The van der Waals surface area contributed by atoms with Gasteiger partial charge in [0.05, 0.1) is 5.69 Å². The molecule has 1 heterocycles. The van der Waals surface area contributed by atoms with Gasteiger partial charge in [0, 0.05) is 34.1 Å². The van der Waals surface area contributed by atoms with E-state index >= 15 is 0 Å². The van der Waals surface area contributed by atoms with Gasteiger partial charge in [-0.3, -0.25) is 4.79 Å². The van der Waals surface area contributed by atoms with Crippen LogP contribution in [0.2, 0.25) is 5.02 Å². The van der Waals surface area contributed by atoms with Crippen LogP contribution in [0.3, 0.4) is 0 Å². The smallest absolute Gasteiger partial charge is 0.167 e. The average Bonchev–Trinajstić information content (AvgIpc) is 2.71. The van der Waals surface area contributed by atoms with Crippen LogP contribution in [0.4, 0.5) is 4.39 Å². The summed E-state index contributed by atoms with van der Waals surface area (Å²) in [4.78, 5) is 11.4. The minimum absolute atomic E-state index is 0.358. The molecule has 0 aliphatic carbocycles. The number of carbonyl (C=O) groups excluding carboxylic acids is 1. The van der Waals surface area contributed by atoms with Gasteiger partial charge in [0.2, 0.25) is 0 Å². The molecule has 0 bridgehead atoms. The zero-order chi connectivity index (χ0) is 14.3. The van der Waals surface area contributed by atoms with Gasteiger partial charge in [-0.25, -0.2) is 4.39 Å². The van der Waals surface area contributed by atoms with Crippen LogP contribution < -0.4 is 0 Å². The molecule has 0 saturated carbocycles. The van der Waals surface area contributed by atoms with Crippen molar-refractivity contribution in [2.75, 3.05) is 0 Å². The Labute approximate surface area is 120 Å². The van der Waals surface area contributed by atoms with Crippen LogP contribution in [0.1, 0.15) is 10.5 Å². The predicted molar refractivity (Wildman–Crippen MR) is 78.7 cm³/mol. The highest BCUT2D eigenvalue weighted by Crippen LogP contribution is 2.36. The second-order valence-electron chi connectivity index (χ2n) is 4.58. The Morgan fingerprint density at radius 2 is 1.95 bits per heavy atom. The van der Waals surface area contributed by atoms with Gasteiger partial charge in [0.25, 0.3) is 0 Å². The van der Waals surface area contributed by atoms with Crippen molar-refractivity contribution in [1.82, 2.24) is 4.57 Å². The van der Waals surface area contributed by atoms with Crippen molar-refractivity contribution in [2.45, 2.75) is 0 Å². The summed E-state index contributed by atoms with van der Waals surface area (Å²) in [6.07, 6.45) is 0.746. The first-order valence-corrected chi connectivity index (χ1v) is 6.49. The number of hydrogen-bond donors (Lipinski definition) is 0. The SMILES string of the molecule is Cn1c(C=O)c(-c2ccccc2F)c2cc(Cl)ccc21. The lowest BCUT2D eigenvalue weighted by molar-refractivity contribution is 0.111. The van der Waals surface area contributed by atoms with E-state index in [1.807, 2.05) is 6.07 Å². The van der Waals surface area contributed by atoms with Gasteiger partial charge >= 0.3 is 0 Å². The summed E-state index contributed by atoms with van der Waals surface area (Å²) in [6, 6.07) is 11.8. The van der Waals surface area contributed by atoms with Crippen molar-refractivity contribution in [3.05, 3.63) is 59.0 Å². The second-order valence-corrected chi connectivity index (χ2v) is 5.01. The standard InChI is InChI=1S/C16H11ClFNO/c1-19-14-7-6-10(17)8-12(14)16(15(19)9-20)11-4-2-3-5-13(11)18/h2-9H,1H3. The Balaban J connectivity index is 2.48. The molecule has 2 aromatic carbocycles.